The summed E-state index contributed by atoms with van der Waals surface area (Å²) >= 11 is 0. The smallest absolute Gasteiger partial charge is 0.163 e. The largest absolute Gasteiger partial charge is 0.303 e. The van der Waals surface area contributed by atoms with Crippen LogP contribution in [0.2, 0.25) is 0 Å². The van der Waals surface area contributed by atoms with Crippen LogP contribution in [0.1, 0.15) is 37.1 Å². The van der Waals surface area contributed by atoms with Gasteiger partial charge < -0.3 is 5.32 Å². The van der Waals surface area contributed by atoms with Gasteiger partial charge in [0.05, 0.1) is 0 Å². The SMILES string of the molecule is CC(NC(C)c1cccc(F)c1F)c1ccccc1F. The summed E-state index contributed by atoms with van der Waals surface area (Å²) in [4.78, 5) is 0. The van der Waals surface area contributed by atoms with Crippen molar-refractivity contribution in [2.24, 2.45) is 0 Å². The van der Waals surface area contributed by atoms with Gasteiger partial charge in [-0.1, -0.05) is 30.3 Å². The molecule has 0 amide bonds. The molecular formula is C16H16F3N. The van der Waals surface area contributed by atoms with Gasteiger partial charge in [-0.2, -0.15) is 0 Å². The summed E-state index contributed by atoms with van der Waals surface area (Å²) < 4.78 is 40.6. The predicted octanol–water partition coefficient (Wildman–Crippen LogP) is 4.52. The Labute approximate surface area is 116 Å². The highest BCUT2D eigenvalue weighted by Gasteiger charge is 2.18. The van der Waals surface area contributed by atoms with Gasteiger partial charge in [-0.15, -0.1) is 0 Å². The molecule has 1 N–H and O–H groups in total. The first-order valence-electron chi connectivity index (χ1n) is 6.45. The van der Waals surface area contributed by atoms with E-state index in [9.17, 15) is 13.2 Å². The molecule has 0 radical (unpaired) electrons. The number of nitrogens with one attached hydrogen (secondary N) is 1. The Kier molecular flexibility index (Phi) is 4.45. The van der Waals surface area contributed by atoms with Gasteiger partial charge in [-0.25, -0.2) is 13.2 Å². The second-order valence-electron chi connectivity index (χ2n) is 4.77. The fourth-order valence-corrected chi connectivity index (χ4v) is 2.24. The van der Waals surface area contributed by atoms with E-state index in [1.54, 1.807) is 32.0 Å². The van der Waals surface area contributed by atoms with Gasteiger partial charge in [-0.3, -0.25) is 0 Å². The molecule has 1 nitrogen and oxygen atoms in total. The quantitative estimate of drug-likeness (QED) is 0.868. The molecule has 0 saturated carbocycles. The molecule has 20 heavy (non-hydrogen) atoms. The molecule has 0 spiro atoms. The summed E-state index contributed by atoms with van der Waals surface area (Å²) in [5.41, 5.74) is 0.726. The molecule has 0 heterocycles. The monoisotopic (exact) mass is 279 g/mol. The van der Waals surface area contributed by atoms with Gasteiger partial charge in [-0.05, 0) is 26.0 Å². The van der Waals surface area contributed by atoms with E-state index in [0.717, 1.165) is 6.07 Å². The van der Waals surface area contributed by atoms with Crippen LogP contribution in [0.25, 0.3) is 0 Å². The zero-order chi connectivity index (χ0) is 14.7. The Hall–Kier alpha value is -1.81. The van der Waals surface area contributed by atoms with Crippen LogP contribution in [0.4, 0.5) is 13.2 Å². The van der Waals surface area contributed by atoms with E-state index < -0.39 is 17.7 Å². The van der Waals surface area contributed by atoms with Crippen LogP contribution in [0.5, 0.6) is 0 Å². The fraction of sp³-hybridized carbons (Fsp3) is 0.250. The third kappa shape index (κ3) is 3.02. The standard InChI is InChI=1S/C16H16F3N/c1-10(12-6-3-4-8-14(12)17)20-11(2)13-7-5-9-15(18)16(13)19/h3-11,20H,1-2H3. The Morgan fingerprint density at radius 1 is 0.750 bits per heavy atom. The molecule has 0 aromatic heterocycles. The summed E-state index contributed by atoms with van der Waals surface area (Å²) in [6.45, 7) is 3.50. The van der Waals surface area contributed by atoms with Crippen LogP contribution in [0.15, 0.2) is 42.5 Å². The summed E-state index contributed by atoms with van der Waals surface area (Å²) in [6.07, 6.45) is 0. The van der Waals surface area contributed by atoms with Gasteiger partial charge in [0, 0.05) is 23.2 Å². The number of rotatable bonds is 4. The lowest BCUT2D eigenvalue weighted by Gasteiger charge is -2.21. The van der Waals surface area contributed by atoms with Crippen LogP contribution in [0.3, 0.4) is 0 Å². The van der Waals surface area contributed by atoms with Gasteiger partial charge in [0.15, 0.2) is 11.6 Å². The molecule has 0 aliphatic heterocycles. The minimum absolute atomic E-state index is 0.230. The molecule has 2 aromatic rings. The second-order valence-corrected chi connectivity index (χ2v) is 4.77. The third-order valence-electron chi connectivity index (χ3n) is 3.32. The first-order valence-corrected chi connectivity index (χ1v) is 6.45. The fourth-order valence-electron chi connectivity index (χ4n) is 2.24. The van der Waals surface area contributed by atoms with Crippen LogP contribution in [0, 0.1) is 17.5 Å². The Balaban J connectivity index is 2.17. The molecule has 2 rings (SSSR count). The molecule has 0 fully saturated rings. The molecule has 2 atom stereocenters. The average Bonchev–Trinajstić information content (AvgIpc) is 2.42. The molecular weight excluding hydrogens is 263 g/mol. The van der Waals surface area contributed by atoms with E-state index in [1.807, 2.05) is 0 Å². The van der Waals surface area contributed by atoms with Crippen molar-refractivity contribution in [3.05, 3.63) is 71.0 Å². The number of hydrogen-bond donors (Lipinski definition) is 1. The second kappa shape index (κ2) is 6.09. The number of halogens is 3. The Morgan fingerprint density at radius 2 is 1.30 bits per heavy atom. The summed E-state index contributed by atoms with van der Waals surface area (Å²) in [5, 5.41) is 3.07. The highest BCUT2D eigenvalue weighted by Crippen LogP contribution is 2.23. The zero-order valence-electron chi connectivity index (χ0n) is 11.3. The molecule has 0 bridgehead atoms. The maximum atomic E-state index is 13.7. The summed E-state index contributed by atoms with van der Waals surface area (Å²) in [7, 11) is 0. The predicted molar refractivity (Wildman–Crippen MR) is 72.7 cm³/mol. The van der Waals surface area contributed by atoms with Crippen molar-refractivity contribution in [1.29, 1.82) is 0 Å². The van der Waals surface area contributed by atoms with Crippen LogP contribution in [-0.4, -0.2) is 0 Å². The number of benzene rings is 2. The van der Waals surface area contributed by atoms with E-state index in [-0.39, 0.29) is 17.4 Å². The van der Waals surface area contributed by atoms with Crippen LogP contribution in [-0.2, 0) is 0 Å². The topological polar surface area (TPSA) is 12.0 Å². The average molecular weight is 279 g/mol. The molecule has 2 aromatic carbocycles. The lowest BCUT2D eigenvalue weighted by molar-refractivity contribution is 0.441. The zero-order valence-corrected chi connectivity index (χ0v) is 11.3. The van der Waals surface area contributed by atoms with E-state index >= 15 is 0 Å². The minimum Gasteiger partial charge on any atom is -0.303 e. The van der Waals surface area contributed by atoms with Gasteiger partial charge >= 0.3 is 0 Å². The Bertz CT molecular complexity index is 598. The molecule has 2 unspecified atom stereocenters. The van der Waals surface area contributed by atoms with Crippen molar-refractivity contribution >= 4 is 0 Å². The maximum absolute atomic E-state index is 13.7. The maximum Gasteiger partial charge on any atom is 0.163 e. The number of hydrogen-bond acceptors (Lipinski definition) is 1. The van der Waals surface area contributed by atoms with Crippen molar-refractivity contribution in [3.8, 4) is 0 Å². The molecule has 0 aliphatic rings. The van der Waals surface area contributed by atoms with E-state index in [1.165, 1.54) is 18.2 Å². The van der Waals surface area contributed by atoms with E-state index in [0.29, 0.717) is 5.56 Å². The van der Waals surface area contributed by atoms with Crippen molar-refractivity contribution < 1.29 is 13.2 Å². The Morgan fingerprint density at radius 3 is 2.00 bits per heavy atom. The highest BCUT2D eigenvalue weighted by molar-refractivity contribution is 5.24. The van der Waals surface area contributed by atoms with Crippen LogP contribution >= 0.6 is 0 Å². The van der Waals surface area contributed by atoms with Crippen molar-refractivity contribution in [2.75, 3.05) is 0 Å². The van der Waals surface area contributed by atoms with Crippen molar-refractivity contribution in [1.82, 2.24) is 5.32 Å². The van der Waals surface area contributed by atoms with Crippen molar-refractivity contribution in [3.63, 3.8) is 0 Å². The first-order chi connectivity index (χ1) is 9.50. The molecule has 0 aliphatic carbocycles. The third-order valence-corrected chi connectivity index (χ3v) is 3.32. The lowest BCUT2D eigenvalue weighted by atomic mass is 10.0. The van der Waals surface area contributed by atoms with Gasteiger partial charge in [0.25, 0.3) is 0 Å². The minimum atomic E-state index is -0.880. The van der Waals surface area contributed by atoms with E-state index in [2.05, 4.69) is 5.32 Å². The van der Waals surface area contributed by atoms with Crippen molar-refractivity contribution in [2.45, 2.75) is 25.9 Å². The summed E-state index contributed by atoms with van der Waals surface area (Å²) in [5.74, 6) is -2.07. The highest BCUT2D eigenvalue weighted by atomic mass is 19.2. The molecule has 106 valence electrons. The normalized spacial score (nSPS) is 14.1. The first kappa shape index (κ1) is 14.6. The lowest BCUT2D eigenvalue weighted by Crippen LogP contribution is -2.24. The van der Waals surface area contributed by atoms with E-state index in [4.69, 9.17) is 0 Å². The molecule has 4 heteroatoms. The summed E-state index contributed by atoms with van der Waals surface area (Å²) in [6, 6.07) is 9.71. The van der Waals surface area contributed by atoms with Crippen LogP contribution < -0.4 is 5.32 Å². The van der Waals surface area contributed by atoms with Gasteiger partial charge in [0.1, 0.15) is 5.82 Å². The van der Waals surface area contributed by atoms with Gasteiger partial charge in [0.2, 0.25) is 0 Å². The molecule has 0 saturated heterocycles.